The summed E-state index contributed by atoms with van der Waals surface area (Å²) in [5, 5.41) is 10.6. The highest BCUT2D eigenvalue weighted by Gasteiger charge is 2.57. The fraction of sp³-hybridized carbons (Fsp3) is 0.400. The molecule has 25 heavy (non-hydrogen) atoms. The highest BCUT2D eigenvalue weighted by Crippen LogP contribution is 2.53. The van der Waals surface area contributed by atoms with E-state index >= 15 is 0 Å². The van der Waals surface area contributed by atoms with Gasteiger partial charge in [-0.3, -0.25) is 10.1 Å². The summed E-state index contributed by atoms with van der Waals surface area (Å²) in [7, 11) is 0. The van der Waals surface area contributed by atoms with Crippen molar-refractivity contribution in [2.24, 2.45) is 0 Å². The second kappa shape index (κ2) is 5.66. The first-order valence-electron chi connectivity index (χ1n) is 5.43. The van der Waals surface area contributed by atoms with Gasteiger partial charge in [0, 0.05) is 0 Å². The van der Waals surface area contributed by atoms with Gasteiger partial charge < -0.3 is 0 Å². The molecule has 15 heteroatoms. The van der Waals surface area contributed by atoms with E-state index in [4.69, 9.17) is 0 Å². The van der Waals surface area contributed by atoms with Crippen LogP contribution in [-0.2, 0) is 24.7 Å². The number of alkyl halides is 12. The van der Waals surface area contributed by atoms with Crippen molar-refractivity contribution in [1.82, 2.24) is 0 Å². The van der Waals surface area contributed by atoms with Crippen molar-refractivity contribution in [1.29, 1.82) is 0 Å². The number of nitro groups is 1. The van der Waals surface area contributed by atoms with Crippen LogP contribution in [0.2, 0.25) is 0 Å². The van der Waals surface area contributed by atoms with E-state index in [1.165, 1.54) is 0 Å². The van der Waals surface area contributed by atoms with Gasteiger partial charge in [-0.1, -0.05) is 0 Å². The highest BCUT2D eigenvalue weighted by molar-refractivity contribution is 5.60. The Hall–Kier alpha value is -2.22. The molecule has 0 amide bonds. The van der Waals surface area contributed by atoms with Crippen LogP contribution in [0.4, 0.5) is 58.4 Å². The molecule has 0 radical (unpaired) electrons. The number of nitrogens with zero attached hydrogens (tertiary/aromatic N) is 1. The van der Waals surface area contributed by atoms with Gasteiger partial charge in [0.2, 0.25) is 0 Å². The third kappa shape index (κ3) is 4.07. The SMILES string of the molecule is O=[N+]([O-])c1c(C(F)(F)F)c(C(F)(F)F)cc(C(F)(F)F)c1C(F)(F)F. The topological polar surface area (TPSA) is 43.1 Å². The lowest BCUT2D eigenvalue weighted by molar-refractivity contribution is -0.391. The van der Waals surface area contributed by atoms with Crippen molar-refractivity contribution >= 4 is 5.69 Å². The average molecular weight is 395 g/mol. The van der Waals surface area contributed by atoms with Crippen molar-refractivity contribution in [3.05, 3.63) is 38.4 Å². The van der Waals surface area contributed by atoms with Crippen LogP contribution >= 0.6 is 0 Å². The zero-order valence-electron chi connectivity index (χ0n) is 10.9. The largest absolute Gasteiger partial charge is 0.423 e. The van der Waals surface area contributed by atoms with Crippen molar-refractivity contribution in [2.45, 2.75) is 24.7 Å². The monoisotopic (exact) mass is 395 g/mol. The van der Waals surface area contributed by atoms with E-state index in [9.17, 15) is 62.8 Å². The summed E-state index contributed by atoms with van der Waals surface area (Å²) in [5.41, 5.74) is -16.8. The normalized spacial score (nSPS) is 13.9. The summed E-state index contributed by atoms with van der Waals surface area (Å²) >= 11 is 0. The van der Waals surface area contributed by atoms with Crippen LogP contribution < -0.4 is 0 Å². The van der Waals surface area contributed by atoms with E-state index in [1.54, 1.807) is 0 Å². The summed E-state index contributed by atoms with van der Waals surface area (Å²) in [5.74, 6) is 0. The Morgan fingerprint density at radius 1 is 0.640 bits per heavy atom. The predicted octanol–water partition coefficient (Wildman–Crippen LogP) is 5.67. The maximum absolute atomic E-state index is 12.7. The van der Waals surface area contributed by atoms with E-state index in [-0.39, 0.29) is 0 Å². The van der Waals surface area contributed by atoms with Gasteiger partial charge in [0.25, 0.3) is 5.69 Å². The van der Waals surface area contributed by atoms with E-state index < -0.39 is 63.6 Å². The predicted molar refractivity (Wildman–Crippen MR) is 53.1 cm³/mol. The molecule has 0 N–H and O–H groups in total. The Morgan fingerprint density at radius 3 is 1.08 bits per heavy atom. The number of rotatable bonds is 1. The molecule has 0 heterocycles. The summed E-state index contributed by atoms with van der Waals surface area (Å²) in [6, 6.07) is -1.45. The lowest BCUT2D eigenvalue weighted by Gasteiger charge is -2.22. The molecular weight excluding hydrogens is 394 g/mol. The fourth-order valence-corrected chi connectivity index (χ4v) is 1.87. The first-order chi connectivity index (χ1) is 10.8. The smallest absolute Gasteiger partial charge is 0.258 e. The van der Waals surface area contributed by atoms with Crippen LogP contribution in [0.25, 0.3) is 0 Å². The van der Waals surface area contributed by atoms with Gasteiger partial charge >= 0.3 is 24.7 Å². The molecule has 1 aromatic rings. The van der Waals surface area contributed by atoms with Crippen LogP contribution in [0.15, 0.2) is 6.07 Å². The van der Waals surface area contributed by atoms with Gasteiger partial charge in [-0.25, -0.2) is 0 Å². The van der Waals surface area contributed by atoms with Crippen molar-refractivity contribution in [3.8, 4) is 0 Å². The van der Waals surface area contributed by atoms with Crippen molar-refractivity contribution < 1.29 is 57.6 Å². The second-order valence-electron chi connectivity index (χ2n) is 4.32. The molecule has 1 rings (SSSR count). The van der Waals surface area contributed by atoms with E-state index in [0.717, 1.165) is 0 Å². The minimum Gasteiger partial charge on any atom is -0.258 e. The van der Waals surface area contributed by atoms with E-state index in [0.29, 0.717) is 0 Å². The molecule has 3 nitrogen and oxygen atoms in total. The second-order valence-corrected chi connectivity index (χ2v) is 4.32. The molecule has 0 spiro atoms. The third-order valence-electron chi connectivity index (χ3n) is 2.66. The van der Waals surface area contributed by atoms with Crippen LogP contribution in [0.3, 0.4) is 0 Å². The molecule has 0 fully saturated rings. The van der Waals surface area contributed by atoms with Gasteiger partial charge in [-0.05, 0) is 6.07 Å². The van der Waals surface area contributed by atoms with Crippen molar-refractivity contribution in [2.75, 3.05) is 0 Å². The number of halogens is 12. The van der Waals surface area contributed by atoms with Crippen molar-refractivity contribution in [3.63, 3.8) is 0 Å². The molecule has 0 saturated heterocycles. The Labute approximate surface area is 128 Å². The Balaban J connectivity index is 4.33. The van der Waals surface area contributed by atoms with Gasteiger partial charge in [-0.2, -0.15) is 52.7 Å². The minimum atomic E-state index is -6.39. The molecule has 0 atom stereocenters. The third-order valence-corrected chi connectivity index (χ3v) is 2.66. The highest BCUT2D eigenvalue weighted by atomic mass is 19.4. The average Bonchev–Trinajstić information content (AvgIpc) is 2.31. The summed E-state index contributed by atoms with van der Waals surface area (Å²) in [6.45, 7) is 0. The fourth-order valence-electron chi connectivity index (χ4n) is 1.87. The molecule has 1 aromatic carbocycles. The van der Waals surface area contributed by atoms with Gasteiger partial charge in [-0.15, -0.1) is 0 Å². The number of hydrogen-bond acceptors (Lipinski definition) is 2. The van der Waals surface area contributed by atoms with Crippen LogP contribution in [-0.4, -0.2) is 4.92 Å². The molecule has 0 unspecified atom stereocenters. The van der Waals surface area contributed by atoms with Gasteiger partial charge in [0.05, 0.1) is 16.1 Å². The standard InChI is InChI=1S/C10HF12NO2/c11-7(12,13)2-1-3(8(14,15)16)5(10(20,21)22)6(23(24)25)4(2)9(17,18)19/h1H. The van der Waals surface area contributed by atoms with E-state index in [2.05, 4.69) is 0 Å². The van der Waals surface area contributed by atoms with Gasteiger partial charge in [0.15, 0.2) is 0 Å². The number of nitro benzene ring substituents is 1. The Bertz CT molecular complexity index is 644. The number of benzene rings is 1. The zero-order valence-corrected chi connectivity index (χ0v) is 10.9. The first kappa shape index (κ1) is 20.8. The number of hydrogen-bond donors (Lipinski definition) is 0. The zero-order chi connectivity index (χ0) is 20.2. The first-order valence-corrected chi connectivity index (χ1v) is 5.43. The maximum atomic E-state index is 12.7. The molecule has 0 aliphatic carbocycles. The summed E-state index contributed by atoms with van der Waals surface area (Å²) in [4.78, 5) is 7.98. The lowest BCUT2D eigenvalue weighted by Crippen LogP contribution is -2.26. The molecule has 0 bridgehead atoms. The maximum Gasteiger partial charge on any atom is 0.423 e. The Kier molecular flexibility index (Phi) is 4.71. The van der Waals surface area contributed by atoms with Crippen LogP contribution in [0.5, 0.6) is 0 Å². The van der Waals surface area contributed by atoms with Crippen LogP contribution in [0.1, 0.15) is 22.3 Å². The molecule has 0 aromatic heterocycles. The quantitative estimate of drug-likeness (QED) is 0.349. The molecule has 0 aliphatic heterocycles. The molecular formula is C10HF12NO2. The minimum absolute atomic E-state index is 1.45. The molecule has 142 valence electrons. The summed E-state index contributed by atoms with van der Waals surface area (Å²) < 4.78 is 152. The van der Waals surface area contributed by atoms with Gasteiger partial charge in [0.1, 0.15) is 11.1 Å². The molecule has 0 saturated carbocycles. The molecule has 0 aliphatic rings. The van der Waals surface area contributed by atoms with E-state index in [1.807, 2.05) is 0 Å². The lowest BCUT2D eigenvalue weighted by atomic mass is 9.93. The Morgan fingerprint density at radius 2 is 0.920 bits per heavy atom. The van der Waals surface area contributed by atoms with Crippen LogP contribution in [0, 0.1) is 10.1 Å². The summed E-state index contributed by atoms with van der Waals surface area (Å²) in [6.07, 6.45) is -25.3.